The number of amides is 1. The summed E-state index contributed by atoms with van der Waals surface area (Å²) in [5.41, 5.74) is 1.71. The molecule has 2 aromatic rings. The van der Waals surface area contributed by atoms with Gasteiger partial charge in [0.25, 0.3) is 5.91 Å². The second-order valence-electron chi connectivity index (χ2n) is 6.35. The van der Waals surface area contributed by atoms with Gasteiger partial charge in [-0.05, 0) is 65.5 Å². The van der Waals surface area contributed by atoms with E-state index in [0.29, 0.717) is 28.1 Å². The fourth-order valence-corrected chi connectivity index (χ4v) is 4.03. The zero-order chi connectivity index (χ0) is 19.4. The summed E-state index contributed by atoms with van der Waals surface area (Å²) >= 11 is 3.50. The average Bonchev–Trinajstić information content (AvgIpc) is 3.18. The third-order valence-corrected chi connectivity index (χ3v) is 5.37. The minimum Gasteiger partial charge on any atom is -0.497 e. The smallest absolute Gasteiger partial charge is 0.254 e. The molecule has 6 heteroatoms. The maximum atomic E-state index is 13.2. The molecule has 5 nitrogen and oxygen atoms in total. The van der Waals surface area contributed by atoms with E-state index in [-0.39, 0.29) is 11.9 Å². The summed E-state index contributed by atoms with van der Waals surface area (Å²) in [5, 5.41) is 0. The van der Waals surface area contributed by atoms with Crippen LogP contribution < -0.4 is 14.2 Å². The zero-order valence-corrected chi connectivity index (χ0v) is 17.4. The normalized spacial score (nSPS) is 16.3. The molecule has 0 bridgehead atoms. The lowest BCUT2D eigenvalue weighted by Gasteiger charge is -2.26. The lowest BCUT2D eigenvalue weighted by Crippen LogP contribution is -2.30. The highest BCUT2D eigenvalue weighted by molar-refractivity contribution is 9.10. The Labute approximate surface area is 168 Å². The molecule has 2 aromatic carbocycles. The first-order valence-electron chi connectivity index (χ1n) is 9.04. The van der Waals surface area contributed by atoms with Gasteiger partial charge in [-0.2, -0.15) is 0 Å². The molecule has 3 rings (SSSR count). The van der Waals surface area contributed by atoms with Crippen molar-refractivity contribution in [2.75, 3.05) is 27.4 Å². The molecule has 144 valence electrons. The summed E-state index contributed by atoms with van der Waals surface area (Å²) in [7, 11) is 3.23. The van der Waals surface area contributed by atoms with Crippen LogP contribution in [0.2, 0.25) is 0 Å². The number of benzene rings is 2. The van der Waals surface area contributed by atoms with Gasteiger partial charge in [0.15, 0.2) is 11.5 Å². The zero-order valence-electron chi connectivity index (χ0n) is 15.8. The molecule has 1 unspecified atom stereocenters. The Kier molecular flexibility index (Phi) is 6.26. The molecular weight excluding hydrogens is 410 g/mol. The van der Waals surface area contributed by atoms with Gasteiger partial charge in [0, 0.05) is 12.1 Å². The second kappa shape index (κ2) is 8.65. The molecule has 1 aliphatic heterocycles. The Bertz CT molecular complexity index is 807. The van der Waals surface area contributed by atoms with Gasteiger partial charge in [-0.15, -0.1) is 0 Å². The topological polar surface area (TPSA) is 48.0 Å². The molecule has 0 spiro atoms. The molecule has 0 N–H and O–H groups in total. The predicted octanol–water partition coefficient (Wildman–Crippen LogP) is 4.84. The van der Waals surface area contributed by atoms with Crippen LogP contribution in [0.3, 0.4) is 0 Å². The molecule has 0 aromatic heterocycles. The van der Waals surface area contributed by atoms with Crippen molar-refractivity contribution in [1.29, 1.82) is 0 Å². The molecule has 1 heterocycles. The molecular formula is C21H24BrNO4. The Morgan fingerprint density at radius 3 is 2.56 bits per heavy atom. The number of rotatable bonds is 6. The van der Waals surface area contributed by atoms with Gasteiger partial charge in [-0.3, -0.25) is 4.79 Å². The maximum Gasteiger partial charge on any atom is 0.254 e. The van der Waals surface area contributed by atoms with Crippen molar-refractivity contribution >= 4 is 21.8 Å². The number of hydrogen-bond acceptors (Lipinski definition) is 4. The summed E-state index contributed by atoms with van der Waals surface area (Å²) in [5.74, 6) is 1.98. The molecule has 27 heavy (non-hydrogen) atoms. The van der Waals surface area contributed by atoms with Crippen molar-refractivity contribution in [2.45, 2.75) is 25.8 Å². The highest BCUT2D eigenvalue weighted by Crippen LogP contribution is 2.39. The largest absolute Gasteiger partial charge is 0.497 e. The molecule has 0 radical (unpaired) electrons. The number of halogens is 1. The number of carbonyl (C=O) groups is 1. The van der Waals surface area contributed by atoms with E-state index in [9.17, 15) is 4.79 Å². The van der Waals surface area contributed by atoms with E-state index in [1.165, 1.54) is 0 Å². The van der Waals surface area contributed by atoms with Gasteiger partial charge < -0.3 is 19.1 Å². The Morgan fingerprint density at radius 1 is 1.19 bits per heavy atom. The number of ether oxygens (including phenoxy) is 3. The van der Waals surface area contributed by atoms with Gasteiger partial charge in [0.05, 0.1) is 31.3 Å². The summed E-state index contributed by atoms with van der Waals surface area (Å²) in [6.45, 7) is 3.17. The fraction of sp³-hybridized carbons (Fsp3) is 0.381. The van der Waals surface area contributed by atoms with Crippen molar-refractivity contribution in [3.8, 4) is 17.2 Å². The third kappa shape index (κ3) is 4.05. The van der Waals surface area contributed by atoms with Gasteiger partial charge in [0.1, 0.15) is 5.75 Å². The van der Waals surface area contributed by atoms with Crippen LogP contribution in [0, 0.1) is 0 Å². The molecule has 1 atom stereocenters. The van der Waals surface area contributed by atoms with Gasteiger partial charge in [-0.25, -0.2) is 0 Å². The molecule has 1 saturated heterocycles. The number of hydrogen-bond donors (Lipinski definition) is 0. The van der Waals surface area contributed by atoms with Crippen LogP contribution in [-0.2, 0) is 0 Å². The SMILES string of the molecule is CCOc1c(Br)cc(C(=O)N2CCCC2c2ccc(OC)cc2)cc1OC. The van der Waals surface area contributed by atoms with Gasteiger partial charge in [0.2, 0.25) is 0 Å². The summed E-state index contributed by atoms with van der Waals surface area (Å²) < 4.78 is 17.0. The number of nitrogens with zero attached hydrogens (tertiary/aromatic N) is 1. The van der Waals surface area contributed by atoms with Gasteiger partial charge in [-0.1, -0.05) is 12.1 Å². The van der Waals surface area contributed by atoms with E-state index in [2.05, 4.69) is 15.9 Å². The van der Waals surface area contributed by atoms with E-state index >= 15 is 0 Å². The minimum atomic E-state index is -0.00429. The molecule has 1 amide bonds. The molecule has 0 aliphatic carbocycles. The highest BCUT2D eigenvalue weighted by atomic mass is 79.9. The Morgan fingerprint density at radius 2 is 1.93 bits per heavy atom. The van der Waals surface area contributed by atoms with E-state index < -0.39 is 0 Å². The van der Waals surface area contributed by atoms with Crippen LogP contribution in [0.25, 0.3) is 0 Å². The van der Waals surface area contributed by atoms with Crippen molar-refractivity contribution < 1.29 is 19.0 Å². The quantitative estimate of drug-likeness (QED) is 0.653. The van der Waals surface area contributed by atoms with Gasteiger partial charge >= 0.3 is 0 Å². The molecule has 1 aliphatic rings. The fourth-order valence-electron chi connectivity index (χ4n) is 3.48. The second-order valence-corrected chi connectivity index (χ2v) is 7.21. The minimum absolute atomic E-state index is 0.00429. The third-order valence-electron chi connectivity index (χ3n) is 4.78. The number of likely N-dealkylation sites (tertiary alicyclic amines) is 1. The van der Waals surface area contributed by atoms with Crippen molar-refractivity contribution in [2.24, 2.45) is 0 Å². The van der Waals surface area contributed by atoms with Crippen LogP contribution >= 0.6 is 15.9 Å². The first kappa shape index (κ1) is 19.5. The van der Waals surface area contributed by atoms with E-state index in [0.717, 1.165) is 30.7 Å². The number of methoxy groups -OCH3 is 2. The van der Waals surface area contributed by atoms with Crippen molar-refractivity contribution in [1.82, 2.24) is 4.90 Å². The lowest BCUT2D eigenvalue weighted by molar-refractivity contribution is 0.0735. The predicted molar refractivity (Wildman–Crippen MR) is 108 cm³/mol. The van der Waals surface area contributed by atoms with Crippen LogP contribution in [-0.4, -0.2) is 38.2 Å². The first-order valence-corrected chi connectivity index (χ1v) is 9.83. The first-order chi connectivity index (χ1) is 13.1. The van der Waals surface area contributed by atoms with Crippen LogP contribution in [0.1, 0.15) is 41.7 Å². The van der Waals surface area contributed by atoms with Crippen LogP contribution in [0.4, 0.5) is 0 Å². The maximum absolute atomic E-state index is 13.2. The van der Waals surface area contributed by atoms with E-state index in [4.69, 9.17) is 14.2 Å². The highest BCUT2D eigenvalue weighted by Gasteiger charge is 2.31. The van der Waals surface area contributed by atoms with Crippen LogP contribution in [0.5, 0.6) is 17.2 Å². The van der Waals surface area contributed by atoms with Crippen molar-refractivity contribution in [3.63, 3.8) is 0 Å². The van der Waals surface area contributed by atoms with Crippen LogP contribution in [0.15, 0.2) is 40.9 Å². The average molecular weight is 434 g/mol. The summed E-state index contributed by atoms with van der Waals surface area (Å²) in [6, 6.07) is 11.6. The molecule has 1 fully saturated rings. The molecule has 0 saturated carbocycles. The standard InChI is InChI=1S/C21H24BrNO4/c1-4-27-20-17(22)12-15(13-19(20)26-3)21(24)23-11-5-6-18(23)14-7-9-16(25-2)10-8-14/h7-10,12-13,18H,4-6,11H2,1-3H3. The Hall–Kier alpha value is -2.21. The van der Waals surface area contributed by atoms with E-state index in [1.807, 2.05) is 36.1 Å². The summed E-state index contributed by atoms with van der Waals surface area (Å²) in [4.78, 5) is 15.2. The Balaban J connectivity index is 1.88. The number of carbonyl (C=O) groups excluding carboxylic acids is 1. The monoisotopic (exact) mass is 433 g/mol. The van der Waals surface area contributed by atoms with Crippen molar-refractivity contribution in [3.05, 3.63) is 52.0 Å². The summed E-state index contributed by atoms with van der Waals surface area (Å²) in [6.07, 6.45) is 1.94. The lowest BCUT2D eigenvalue weighted by atomic mass is 10.0. The van der Waals surface area contributed by atoms with E-state index in [1.54, 1.807) is 26.4 Å².